The molecule has 9 heavy (non-hydrogen) atoms. The van der Waals surface area contributed by atoms with Gasteiger partial charge in [0, 0.05) is 0 Å². The van der Waals surface area contributed by atoms with Crippen molar-refractivity contribution < 1.29 is 26.6 Å². The van der Waals surface area contributed by atoms with Gasteiger partial charge in [-0.15, -0.1) is 24.0 Å². The molecule has 0 radical (unpaired) electrons. The molecule has 0 aliphatic heterocycles. The summed E-state index contributed by atoms with van der Waals surface area (Å²) in [6.45, 7) is 0. The molecule has 0 fully saturated rings. The van der Waals surface area contributed by atoms with Crippen molar-refractivity contribution in [1.29, 1.82) is 0 Å². The van der Waals surface area contributed by atoms with Crippen LogP contribution in [0.2, 0.25) is 0 Å². The predicted octanol–water partition coefficient (Wildman–Crippen LogP) is 4.17. The minimum absolute atomic E-state index is 0. The van der Waals surface area contributed by atoms with Gasteiger partial charge in [-0.3, -0.25) is 0 Å². The third-order valence-corrected chi connectivity index (χ3v) is 0. The van der Waals surface area contributed by atoms with Crippen LogP contribution < -0.4 is 0 Å². The predicted molar refractivity (Wildman–Crippen MR) is 41.2 cm³/mol. The van der Waals surface area contributed by atoms with Crippen LogP contribution in [0.15, 0.2) is 0 Å². The fraction of sp³-hybridized carbons (Fsp3) is 0. The molecule has 0 nitrogen and oxygen atoms in total. The maximum Gasteiger partial charge on any atom is 1.00 e. The van der Waals surface area contributed by atoms with Crippen LogP contribution in [0.3, 0.4) is 0 Å². The molecule has 1 unspecified atom stereocenters. The van der Waals surface area contributed by atoms with Crippen molar-refractivity contribution >= 4 is 41.7 Å². The smallest absolute Gasteiger partial charge is 0.153 e. The third-order valence-electron chi connectivity index (χ3n) is 0. The van der Waals surface area contributed by atoms with Crippen LogP contribution in [0.4, 0.5) is 25.2 Å². The first kappa shape index (κ1) is 16.6. The van der Waals surface area contributed by atoms with E-state index >= 15 is 0 Å². The van der Waals surface area contributed by atoms with Crippen molar-refractivity contribution in [1.82, 2.24) is 0 Å². The first-order chi connectivity index (χ1) is 2.45. The molecule has 0 bridgehead atoms. The number of hydrogen-bond acceptors (Lipinski definition) is 0. The Labute approximate surface area is 68.7 Å². The SMILES string of the molecule is F[P-](F)(F)(F)(F)F.I.P.[H+]. The van der Waals surface area contributed by atoms with Gasteiger partial charge < -0.3 is 0 Å². The van der Waals surface area contributed by atoms with Gasteiger partial charge in [0.25, 0.3) is 0 Å². The second kappa shape index (κ2) is 2.34. The minimum Gasteiger partial charge on any atom is -0.153 e. The van der Waals surface area contributed by atoms with Crippen LogP contribution in [0.5, 0.6) is 0 Å². The number of rotatable bonds is 0. The number of halogens is 7. The van der Waals surface area contributed by atoms with Crippen LogP contribution in [-0.2, 0) is 0 Å². The van der Waals surface area contributed by atoms with E-state index in [4.69, 9.17) is 0 Å². The van der Waals surface area contributed by atoms with Crippen molar-refractivity contribution in [3.8, 4) is 0 Å². The van der Waals surface area contributed by atoms with E-state index in [1.807, 2.05) is 0 Å². The van der Waals surface area contributed by atoms with Gasteiger partial charge in [0.05, 0.1) is 0 Å². The van der Waals surface area contributed by atoms with E-state index in [0.29, 0.717) is 0 Å². The fourth-order valence-corrected chi connectivity index (χ4v) is 0. The molecule has 0 rings (SSSR count). The molecule has 0 heterocycles. The summed E-state index contributed by atoms with van der Waals surface area (Å²) in [6.07, 6.45) is 0. The average molecular weight is 308 g/mol. The molecule has 1 atom stereocenters. The van der Waals surface area contributed by atoms with Crippen molar-refractivity contribution in [2.75, 3.05) is 0 Å². The van der Waals surface area contributed by atoms with Gasteiger partial charge in [-0.1, -0.05) is 0 Å². The molecular formula is H5F6IP2. The molecule has 0 aromatic carbocycles. The largest absolute Gasteiger partial charge is 1.00 e. The summed E-state index contributed by atoms with van der Waals surface area (Å²) in [7, 11) is -10.7. The molecule has 64 valence electrons. The van der Waals surface area contributed by atoms with Gasteiger partial charge in [-0.2, -0.15) is 9.90 Å². The zero-order valence-corrected chi connectivity index (χ0v) is 8.47. The Hall–Kier alpha value is 1.17. The zero-order valence-electron chi connectivity index (χ0n) is 4.83. The molecule has 0 saturated heterocycles. The Morgan fingerprint density at radius 1 is 0.778 bits per heavy atom. The van der Waals surface area contributed by atoms with Crippen molar-refractivity contribution in [2.24, 2.45) is 0 Å². The van der Waals surface area contributed by atoms with Gasteiger partial charge in [-0.05, 0) is 0 Å². The van der Waals surface area contributed by atoms with Gasteiger partial charge in [0.1, 0.15) is 0 Å². The van der Waals surface area contributed by atoms with Gasteiger partial charge in [0.15, 0.2) is 0 Å². The second-order valence-electron chi connectivity index (χ2n) is 0.958. The molecular weight excluding hydrogens is 303 g/mol. The summed E-state index contributed by atoms with van der Waals surface area (Å²) >= 11 is 0. The standard InChI is InChI=1S/F6P.HI.H3P/c1-7(2,3,4,5)6;;/h;1H;1H3/q-1;;/p+1. The van der Waals surface area contributed by atoms with Gasteiger partial charge in [-0.25, -0.2) is 0 Å². The molecule has 0 aromatic heterocycles. The fourth-order valence-electron chi connectivity index (χ4n) is 0. The molecule has 0 aromatic rings. The zero-order chi connectivity index (χ0) is 6.41. The van der Waals surface area contributed by atoms with Gasteiger partial charge in [0.2, 0.25) is 0 Å². The van der Waals surface area contributed by atoms with E-state index < -0.39 is 7.81 Å². The summed E-state index contributed by atoms with van der Waals surface area (Å²) in [6, 6.07) is 0. The summed E-state index contributed by atoms with van der Waals surface area (Å²) in [5.41, 5.74) is 0. The summed E-state index contributed by atoms with van der Waals surface area (Å²) < 4.78 is 59.2. The topological polar surface area (TPSA) is 0 Å². The Balaban J connectivity index is -0.0000000600. The van der Waals surface area contributed by atoms with Crippen LogP contribution in [0, 0.1) is 0 Å². The van der Waals surface area contributed by atoms with E-state index in [-0.39, 0.29) is 35.3 Å². The molecule has 0 saturated carbocycles. The van der Waals surface area contributed by atoms with Crippen molar-refractivity contribution in [3.05, 3.63) is 0 Å². The summed E-state index contributed by atoms with van der Waals surface area (Å²) in [4.78, 5) is 0. The van der Waals surface area contributed by atoms with E-state index in [9.17, 15) is 25.2 Å². The van der Waals surface area contributed by atoms with E-state index in [0.717, 1.165) is 0 Å². The number of hydrogen-bond donors (Lipinski definition) is 0. The first-order valence-electron chi connectivity index (χ1n) is 1.01. The Morgan fingerprint density at radius 3 is 0.778 bits per heavy atom. The van der Waals surface area contributed by atoms with Crippen LogP contribution in [-0.4, -0.2) is 0 Å². The molecule has 9 heteroatoms. The minimum atomic E-state index is -10.7. The maximum atomic E-state index is 9.87. The van der Waals surface area contributed by atoms with E-state index in [1.165, 1.54) is 0 Å². The van der Waals surface area contributed by atoms with Crippen LogP contribution >= 0.6 is 41.7 Å². The molecule has 0 N–H and O–H groups in total. The summed E-state index contributed by atoms with van der Waals surface area (Å²) in [5.74, 6) is 0. The second-order valence-corrected chi connectivity index (χ2v) is 2.87. The molecule has 0 amide bonds. The average Bonchev–Trinajstić information content (AvgIpc) is 0.592. The monoisotopic (exact) mass is 308 g/mol. The van der Waals surface area contributed by atoms with Gasteiger partial charge >= 0.3 is 34.4 Å². The third kappa shape index (κ3) is 344. The van der Waals surface area contributed by atoms with Crippen LogP contribution in [0.25, 0.3) is 0 Å². The molecule has 0 aliphatic carbocycles. The summed E-state index contributed by atoms with van der Waals surface area (Å²) in [5, 5.41) is 0. The quantitative estimate of drug-likeness (QED) is 0.358. The van der Waals surface area contributed by atoms with E-state index in [2.05, 4.69) is 0 Å². The normalized spacial score (nSPS) is 18.0. The Kier molecular flexibility index (Phi) is 4.33. The van der Waals surface area contributed by atoms with Crippen LogP contribution in [0.1, 0.15) is 1.43 Å². The van der Waals surface area contributed by atoms with E-state index in [1.54, 1.807) is 0 Å². The maximum absolute atomic E-state index is 10.7. The van der Waals surface area contributed by atoms with Crippen molar-refractivity contribution in [3.63, 3.8) is 0 Å². The Morgan fingerprint density at radius 2 is 0.778 bits per heavy atom. The Bertz CT molecular complexity index is 74.3. The molecule has 0 aliphatic rings. The molecule has 0 spiro atoms. The first-order valence-corrected chi connectivity index (χ1v) is 3.04. The van der Waals surface area contributed by atoms with Crippen molar-refractivity contribution in [2.45, 2.75) is 0 Å².